The number of guanidine groups is 1. The zero-order valence-electron chi connectivity index (χ0n) is 10.6. The number of hydrazine groups is 1. The summed E-state index contributed by atoms with van der Waals surface area (Å²) in [5.41, 5.74) is 3.57. The molecule has 0 atom stereocenters. The Morgan fingerprint density at radius 2 is 1.88 bits per heavy atom. The number of nitrogens with two attached hydrogens (primary N) is 1. The standard InChI is InChI=1S/C13H22N4/c1-3-11(4-2)10-15-13(17-14)16-12-8-6-5-7-9-12/h5-9,11H,3-4,10,14H2,1-2H3,(H2,15,16,17). The van der Waals surface area contributed by atoms with Gasteiger partial charge in [-0.25, -0.2) is 5.84 Å². The first-order chi connectivity index (χ1) is 8.30. The highest BCUT2D eigenvalue weighted by Crippen LogP contribution is 2.08. The number of anilines is 1. The van der Waals surface area contributed by atoms with Crippen LogP contribution >= 0.6 is 0 Å². The third-order valence-corrected chi connectivity index (χ3v) is 2.84. The Labute approximate surface area is 103 Å². The molecule has 1 aromatic rings. The van der Waals surface area contributed by atoms with Crippen LogP contribution in [0, 0.1) is 5.92 Å². The van der Waals surface area contributed by atoms with Crippen molar-refractivity contribution >= 4 is 11.6 Å². The molecule has 0 aliphatic carbocycles. The van der Waals surface area contributed by atoms with Crippen molar-refractivity contribution in [2.75, 3.05) is 11.9 Å². The average molecular weight is 234 g/mol. The van der Waals surface area contributed by atoms with Gasteiger partial charge in [-0.05, 0) is 18.1 Å². The van der Waals surface area contributed by atoms with E-state index in [0.29, 0.717) is 11.9 Å². The quantitative estimate of drug-likeness (QED) is 0.317. The lowest BCUT2D eigenvalue weighted by Crippen LogP contribution is -2.36. The van der Waals surface area contributed by atoms with E-state index in [1.165, 1.54) is 0 Å². The molecule has 94 valence electrons. The van der Waals surface area contributed by atoms with Crippen molar-refractivity contribution in [2.45, 2.75) is 26.7 Å². The highest BCUT2D eigenvalue weighted by Gasteiger charge is 2.03. The minimum atomic E-state index is 0.614. The highest BCUT2D eigenvalue weighted by molar-refractivity contribution is 5.93. The van der Waals surface area contributed by atoms with Gasteiger partial charge in [0.25, 0.3) is 0 Å². The molecule has 0 bridgehead atoms. The van der Waals surface area contributed by atoms with Gasteiger partial charge in [-0.2, -0.15) is 0 Å². The summed E-state index contributed by atoms with van der Waals surface area (Å²) in [6.07, 6.45) is 2.28. The van der Waals surface area contributed by atoms with Gasteiger partial charge >= 0.3 is 0 Å². The Balaban J connectivity index is 2.56. The van der Waals surface area contributed by atoms with Gasteiger partial charge in [0.05, 0.1) is 0 Å². The van der Waals surface area contributed by atoms with Gasteiger partial charge < -0.3 is 5.32 Å². The Morgan fingerprint density at radius 3 is 2.41 bits per heavy atom. The summed E-state index contributed by atoms with van der Waals surface area (Å²) in [7, 11) is 0. The zero-order chi connectivity index (χ0) is 12.5. The van der Waals surface area contributed by atoms with Crippen LogP contribution in [0.1, 0.15) is 26.7 Å². The van der Waals surface area contributed by atoms with E-state index in [0.717, 1.165) is 25.1 Å². The third-order valence-electron chi connectivity index (χ3n) is 2.84. The monoisotopic (exact) mass is 234 g/mol. The zero-order valence-corrected chi connectivity index (χ0v) is 10.6. The first-order valence-corrected chi connectivity index (χ1v) is 6.13. The Hall–Kier alpha value is -1.55. The molecule has 0 radical (unpaired) electrons. The second-order valence-electron chi connectivity index (χ2n) is 4.01. The minimum absolute atomic E-state index is 0.614. The molecule has 0 saturated carbocycles. The summed E-state index contributed by atoms with van der Waals surface area (Å²) < 4.78 is 0. The number of benzene rings is 1. The van der Waals surface area contributed by atoms with Gasteiger partial charge in [0, 0.05) is 12.2 Å². The molecule has 4 nitrogen and oxygen atoms in total. The molecule has 0 unspecified atom stereocenters. The van der Waals surface area contributed by atoms with Crippen LogP contribution in [0.3, 0.4) is 0 Å². The molecule has 0 fully saturated rings. The van der Waals surface area contributed by atoms with E-state index in [1.807, 2.05) is 30.3 Å². The summed E-state index contributed by atoms with van der Waals surface area (Å²) in [5.74, 6) is 6.68. The molecule has 0 saturated heterocycles. The van der Waals surface area contributed by atoms with Crippen molar-refractivity contribution in [2.24, 2.45) is 16.8 Å². The molecule has 0 spiro atoms. The second-order valence-corrected chi connectivity index (χ2v) is 4.01. The van der Waals surface area contributed by atoms with Gasteiger partial charge in [0.1, 0.15) is 0 Å². The Bertz CT molecular complexity index is 331. The molecule has 0 heterocycles. The predicted octanol–water partition coefficient (Wildman–Crippen LogP) is 2.35. The fraction of sp³-hybridized carbons (Fsp3) is 0.462. The molecule has 1 aromatic carbocycles. The maximum atomic E-state index is 5.45. The summed E-state index contributed by atoms with van der Waals surface area (Å²) in [6, 6.07) is 9.87. The maximum absolute atomic E-state index is 5.45. The van der Waals surface area contributed by atoms with Crippen LogP contribution in [0.15, 0.2) is 35.3 Å². The lowest BCUT2D eigenvalue weighted by atomic mass is 10.0. The van der Waals surface area contributed by atoms with Gasteiger partial charge in [0.15, 0.2) is 0 Å². The second kappa shape index (κ2) is 7.68. The van der Waals surface area contributed by atoms with E-state index in [-0.39, 0.29) is 0 Å². The molecule has 17 heavy (non-hydrogen) atoms. The Kier molecular flexibility index (Phi) is 6.10. The normalized spacial score (nSPS) is 11.6. The summed E-state index contributed by atoms with van der Waals surface area (Å²) in [5, 5.41) is 3.15. The topological polar surface area (TPSA) is 62.4 Å². The maximum Gasteiger partial charge on any atom is 0.210 e. The first kappa shape index (κ1) is 13.5. The molecule has 1 rings (SSSR count). The predicted molar refractivity (Wildman–Crippen MR) is 73.8 cm³/mol. The van der Waals surface area contributed by atoms with Crippen LogP contribution in [-0.2, 0) is 0 Å². The van der Waals surface area contributed by atoms with Crippen LogP contribution in [0.4, 0.5) is 5.69 Å². The number of hydrogen-bond donors (Lipinski definition) is 3. The number of hydrogen-bond acceptors (Lipinski definition) is 2. The molecule has 0 amide bonds. The van der Waals surface area contributed by atoms with Crippen molar-refractivity contribution in [1.29, 1.82) is 0 Å². The lowest BCUT2D eigenvalue weighted by molar-refractivity contribution is 0.505. The average Bonchev–Trinajstić information content (AvgIpc) is 2.39. The van der Waals surface area contributed by atoms with Crippen LogP contribution in [0.5, 0.6) is 0 Å². The van der Waals surface area contributed by atoms with E-state index in [4.69, 9.17) is 5.84 Å². The first-order valence-electron chi connectivity index (χ1n) is 6.13. The number of nitrogens with one attached hydrogen (secondary N) is 2. The van der Waals surface area contributed by atoms with Crippen LogP contribution in [-0.4, -0.2) is 12.5 Å². The minimum Gasteiger partial charge on any atom is -0.325 e. The van der Waals surface area contributed by atoms with E-state index in [1.54, 1.807) is 0 Å². The fourth-order valence-electron chi connectivity index (χ4n) is 1.55. The summed E-state index contributed by atoms with van der Waals surface area (Å²) in [6.45, 7) is 5.17. The molecular formula is C13H22N4. The van der Waals surface area contributed by atoms with Crippen molar-refractivity contribution in [3.8, 4) is 0 Å². The van der Waals surface area contributed by atoms with Gasteiger partial charge in [-0.15, -0.1) is 0 Å². The molecule has 0 aliphatic heterocycles. The fourth-order valence-corrected chi connectivity index (χ4v) is 1.55. The van der Waals surface area contributed by atoms with E-state index < -0.39 is 0 Å². The van der Waals surface area contributed by atoms with Crippen LogP contribution < -0.4 is 16.6 Å². The van der Waals surface area contributed by atoms with Crippen molar-refractivity contribution < 1.29 is 0 Å². The number of rotatable bonds is 5. The van der Waals surface area contributed by atoms with Gasteiger partial charge in [-0.1, -0.05) is 44.9 Å². The van der Waals surface area contributed by atoms with E-state index in [9.17, 15) is 0 Å². The summed E-state index contributed by atoms with van der Waals surface area (Å²) >= 11 is 0. The van der Waals surface area contributed by atoms with Crippen LogP contribution in [0.25, 0.3) is 0 Å². The van der Waals surface area contributed by atoms with Crippen molar-refractivity contribution in [3.63, 3.8) is 0 Å². The van der Waals surface area contributed by atoms with Gasteiger partial charge in [-0.3, -0.25) is 10.4 Å². The molecular weight excluding hydrogens is 212 g/mol. The largest absolute Gasteiger partial charge is 0.325 e. The van der Waals surface area contributed by atoms with Crippen LogP contribution in [0.2, 0.25) is 0 Å². The lowest BCUT2D eigenvalue weighted by Gasteiger charge is -2.12. The third kappa shape index (κ3) is 4.87. The van der Waals surface area contributed by atoms with Crippen molar-refractivity contribution in [3.05, 3.63) is 30.3 Å². The van der Waals surface area contributed by atoms with E-state index in [2.05, 4.69) is 29.6 Å². The smallest absolute Gasteiger partial charge is 0.210 e. The number of nitrogens with zero attached hydrogens (tertiary/aromatic N) is 1. The Morgan fingerprint density at radius 1 is 1.24 bits per heavy atom. The highest BCUT2D eigenvalue weighted by atomic mass is 15.3. The van der Waals surface area contributed by atoms with E-state index >= 15 is 0 Å². The number of para-hydroxylation sites is 1. The molecule has 4 heteroatoms. The molecule has 0 aliphatic rings. The SMILES string of the molecule is CCC(CC)CN=C(NN)Nc1ccccc1. The molecule has 4 N–H and O–H groups in total. The van der Waals surface area contributed by atoms with Gasteiger partial charge in [0.2, 0.25) is 5.96 Å². The summed E-state index contributed by atoms with van der Waals surface area (Å²) in [4.78, 5) is 4.45. The molecule has 0 aromatic heterocycles. The number of aliphatic imine (C=N–C) groups is 1. The van der Waals surface area contributed by atoms with Crippen molar-refractivity contribution in [1.82, 2.24) is 5.43 Å².